The lowest BCUT2D eigenvalue weighted by Crippen LogP contribution is -2.12. The molecule has 0 N–H and O–H groups in total. The molecule has 0 atom stereocenters. The van der Waals surface area contributed by atoms with Crippen molar-refractivity contribution in [2.45, 2.75) is 26.2 Å². The van der Waals surface area contributed by atoms with Gasteiger partial charge < -0.3 is 0 Å². The lowest BCUT2D eigenvalue weighted by molar-refractivity contribution is 0.590. The first-order valence-electron chi connectivity index (χ1n) is 13.1. The quantitative estimate of drug-likeness (QED) is 0.232. The fourth-order valence-corrected chi connectivity index (χ4v) is 6.63. The zero-order chi connectivity index (χ0) is 25.9. The van der Waals surface area contributed by atoms with Gasteiger partial charge in [-0.25, -0.2) is 4.98 Å². The Bertz CT molecular complexity index is 1950. The van der Waals surface area contributed by atoms with Gasteiger partial charge in [-0.05, 0) is 52.9 Å². The summed E-state index contributed by atoms with van der Waals surface area (Å²) >= 11 is 1.85. The Morgan fingerprint density at radius 1 is 0.658 bits per heavy atom. The summed E-state index contributed by atoms with van der Waals surface area (Å²) in [4.78, 5) is 5.26. The van der Waals surface area contributed by atoms with Crippen LogP contribution in [-0.4, -0.2) is 9.55 Å². The van der Waals surface area contributed by atoms with E-state index in [0.29, 0.717) is 0 Å². The molecule has 7 rings (SSSR count). The van der Waals surface area contributed by atoms with Crippen LogP contribution < -0.4 is 0 Å². The maximum absolute atomic E-state index is 5.26. The van der Waals surface area contributed by atoms with Gasteiger partial charge in [0.15, 0.2) is 0 Å². The van der Waals surface area contributed by atoms with E-state index in [1.165, 1.54) is 42.4 Å². The Kier molecular flexibility index (Phi) is 5.24. The first-order valence-corrected chi connectivity index (χ1v) is 13.9. The smallest absolute Gasteiger partial charge is 0.147 e. The molecule has 2 heterocycles. The van der Waals surface area contributed by atoms with Crippen molar-refractivity contribution in [3.05, 3.63) is 121 Å². The van der Waals surface area contributed by atoms with E-state index in [1.54, 1.807) is 0 Å². The number of benzene rings is 5. The third-order valence-corrected chi connectivity index (χ3v) is 8.61. The van der Waals surface area contributed by atoms with Gasteiger partial charge in [-0.1, -0.05) is 99.6 Å². The van der Waals surface area contributed by atoms with Gasteiger partial charge >= 0.3 is 0 Å². The standard InChI is InChI=1S/C35H28N2S/c1-35(2,3)24-20-21-30(28(22-24)23-12-5-4-6-13-23)37-31-18-9-8-17-29(31)36-34(37)27-16-11-15-26-25-14-7-10-19-32(25)38-33(26)27/h4-22H,1-3H3. The summed E-state index contributed by atoms with van der Waals surface area (Å²) in [6.45, 7) is 6.82. The largest absolute Gasteiger partial charge is 0.292 e. The highest BCUT2D eigenvalue weighted by atomic mass is 32.1. The SMILES string of the molecule is CC(C)(C)c1ccc(-n2c(-c3cccc4c3sc3ccccc34)nc3ccccc32)c(-c2ccccc2)c1. The lowest BCUT2D eigenvalue weighted by Gasteiger charge is -2.23. The highest BCUT2D eigenvalue weighted by Crippen LogP contribution is 2.42. The van der Waals surface area contributed by atoms with Gasteiger partial charge in [0.05, 0.1) is 16.7 Å². The van der Waals surface area contributed by atoms with Crippen molar-refractivity contribution in [1.29, 1.82) is 0 Å². The zero-order valence-electron chi connectivity index (χ0n) is 21.8. The molecule has 0 aliphatic heterocycles. The van der Waals surface area contributed by atoms with Crippen LogP contribution >= 0.6 is 11.3 Å². The van der Waals surface area contributed by atoms with Crippen LogP contribution in [0.15, 0.2) is 115 Å². The van der Waals surface area contributed by atoms with Crippen molar-refractivity contribution in [3.8, 4) is 28.2 Å². The number of imidazole rings is 1. The van der Waals surface area contributed by atoms with Gasteiger partial charge in [0.25, 0.3) is 0 Å². The second-order valence-corrected chi connectivity index (χ2v) is 11.9. The number of hydrogen-bond donors (Lipinski definition) is 0. The van der Waals surface area contributed by atoms with Gasteiger partial charge in [0.1, 0.15) is 5.82 Å². The predicted octanol–water partition coefficient (Wildman–Crippen LogP) is 10.0. The molecule has 0 bridgehead atoms. The van der Waals surface area contributed by atoms with Crippen LogP contribution in [-0.2, 0) is 5.41 Å². The zero-order valence-corrected chi connectivity index (χ0v) is 22.6. The summed E-state index contributed by atoms with van der Waals surface area (Å²) in [7, 11) is 0. The second-order valence-electron chi connectivity index (χ2n) is 10.9. The summed E-state index contributed by atoms with van der Waals surface area (Å²) in [5.41, 5.74) is 8.21. The van der Waals surface area contributed by atoms with E-state index >= 15 is 0 Å². The molecule has 0 saturated heterocycles. The van der Waals surface area contributed by atoms with E-state index in [-0.39, 0.29) is 5.41 Å². The minimum atomic E-state index is 0.0462. The van der Waals surface area contributed by atoms with E-state index in [2.05, 4.69) is 141 Å². The number of fused-ring (bicyclic) bond motifs is 4. The fraction of sp³-hybridized carbons (Fsp3) is 0.114. The second kappa shape index (κ2) is 8.68. The molecule has 7 aromatic rings. The Morgan fingerprint density at radius 3 is 2.24 bits per heavy atom. The van der Waals surface area contributed by atoms with Gasteiger partial charge in [-0.15, -0.1) is 11.3 Å². The van der Waals surface area contributed by atoms with Crippen LogP contribution in [0.2, 0.25) is 0 Å². The maximum Gasteiger partial charge on any atom is 0.147 e. The number of rotatable bonds is 3. The minimum Gasteiger partial charge on any atom is -0.292 e. The maximum atomic E-state index is 5.26. The van der Waals surface area contributed by atoms with Crippen molar-refractivity contribution >= 4 is 42.5 Å². The third-order valence-electron chi connectivity index (χ3n) is 7.39. The van der Waals surface area contributed by atoms with Crippen LogP contribution in [0.25, 0.3) is 59.4 Å². The summed E-state index contributed by atoms with van der Waals surface area (Å²) in [6.07, 6.45) is 0. The minimum absolute atomic E-state index is 0.0462. The Balaban J connectivity index is 1.58. The molecule has 0 radical (unpaired) electrons. The number of aromatic nitrogens is 2. The molecule has 0 aliphatic rings. The molecule has 5 aromatic carbocycles. The fourth-order valence-electron chi connectivity index (χ4n) is 5.42. The Labute approximate surface area is 226 Å². The molecule has 0 aliphatic carbocycles. The molecule has 3 heteroatoms. The van der Waals surface area contributed by atoms with Crippen LogP contribution in [0, 0.1) is 0 Å². The van der Waals surface area contributed by atoms with E-state index in [0.717, 1.165) is 22.5 Å². The summed E-state index contributed by atoms with van der Waals surface area (Å²) < 4.78 is 4.94. The van der Waals surface area contributed by atoms with E-state index in [1.807, 2.05) is 11.3 Å². The van der Waals surface area contributed by atoms with Crippen LogP contribution in [0.1, 0.15) is 26.3 Å². The molecule has 38 heavy (non-hydrogen) atoms. The molecule has 0 unspecified atom stereocenters. The average molecular weight is 509 g/mol. The number of para-hydroxylation sites is 2. The summed E-state index contributed by atoms with van der Waals surface area (Å²) in [5, 5.41) is 2.59. The number of hydrogen-bond acceptors (Lipinski definition) is 2. The van der Waals surface area contributed by atoms with E-state index < -0.39 is 0 Å². The van der Waals surface area contributed by atoms with Crippen LogP contribution in [0.3, 0.4) is 0 Å². The molecule has 2 aromatic heterocycles. The normalized spacial score (nSPS) is 12.1. The van der Waals surface area contributed by atoms with Crippen molar-refractivity contribution in [3.63, 3.8) is 0 Å². The predicted molar refractivity (Wildman–Crippen MR) is 164 cm³/mol. The molecular weight excluding hydrogens is 480 g/mol. The van der Waals surface area contributed by atoms with Crippen molar-refractivity contribution in [1.82, 2.24) is 9.55 Å². The van der Waals surface area contributed by atoms with E-state index in [4.69, 9.17) is 4.98 Å². The van der Waals surface area contributed by atoms with Gasteiger partial charge in [0, 0.05) is 31.3 Å². The molecule has 2 nitrogen and oxygen atoms in total. The van der Waals surface area contributed by atoms with Crippen LogP contribution in [0.4, 0.5) is 0 Å². The molecule has 0 amide bonds. The molecule has 184 valence electrons. The molecule has 0 fully saturated rings. The lowest BCUT2D eigenvalue weighted by atomic mass is 9.85. The monoisotopic (exact) mass is 508 g/mol. The highest BCUT2D eigenvalue weighted by Gasteiger charge is 2.22. The topological polar surface area (TPSA) is 17.8 Å². The molecule has 0 saturated carbocycles. The van der Waals surface area contributed by atoms with Gasteiger partial charge in [0.2, 0.25) is 0 Å². The van der Waals surface area contributed by atoms with E-state index in [9.17, 15) is 0 Å². The summed E-state index contributed by atoms with van der Waals surface area (Å²) in [5.74, 6) is 0.976. The van der Waals surface area contributed by atoms with Gasteiger partial charge in [-0.3, -0.25) is 4.57 Å². The average Bonchev–Trinajstić information content (AvgIpc) is 3.51. The van der Waals surface area contributed by atoms with Crippen molar-refractivity contribution < 1.29 is 0 Å². The Morgan fingerprint density at radius 2 is 1.39 bits per heavy atom. The van der Waals surface area contributed by atoms with Crippen molar-refractivity contribution in [2.75, 3.05) is 0 Å². The van der Waals surface area contributed by atoms with Crippen molar-refractivity contribution in [2.24, 2.45) is 0 Å². The summed E-state index contributed by atoms with van der Waals surface area (Å²) in [6, 6.07) is 41.4. The first kappa shape index (κ1) is 22.9. The molecule has 0 spiro atoms. The van der Waals surface area contributed by atoms with Gasteiger partial charge in [-0.2, -0.15) is 0 Å². The molecular formula is C35H28N2S. The highest BCUT2D eigenvalue weighted by molar-refractivity contribution is 7.26. The Hall–Kier alpha value is -4.21. The third kappa shape index (κ3) is 3.66. The first-order chi connectivity index (χ1) is 18.5. The number of nitrogens with zero attached hydrogens (tertiary/aromatic N) is 2. The van der Waals surface area contributed by atoms with Crippen LogP contribution in [0.5, 0.6) is 0 Å². The number of thiophene rings is 1.